The van der Waals surface area contributed by atoms with Crippen molar-refractivity contribution >= 4 is 5.69 Å². The van der Waals surface area contributed by atoms with Crippen molar-refractivity contribution in [2.45, 2.75) is 18.6 Å². The first kappa shape index (κ1) is 13.6. The van der Waals surface area contributed by atoms with E-state index in [-0.39, 0.29) is 11.7 Å². The molecule has 2 unspecified atom stereocenters. The van der Waals surface area contributed by atoms with Crippen LogP contribution in [-0.4, -0.2) is 29.7 Å². The number of rotatable bonds is 6. The van der Waals surface area contributed by atoms with Crippen LogP contribution < -0.4 is 11.1 Å². The minimum atomic E-state index is -0.802. The molecule has 0 fully saturated rings. The van der Waals surface area contributed by atoms with Crippen molar-refractivity contribution in [1.82, 2.24) is 5.32 Å². The quantitative estimate of drug-likeness (QED) is 0.497. The Hall–Kier alpha value is -1.50. The minimum absolute atomic E-state index is 0.00439. The van der Waals surface area contributed by atoms with Crippen molar-refractivity contribution in [3.63, 3.8) is 0 Å². The van der Waals surface area contributed by atoms with E-state index in [0.29, 0.717) is 18.5 Å². The van der Waals surface area contributed by atoms with E-state index < -0.39 is 11.0 Å². The zero-order chi connectivity index (χ0) is 12.8. The SMILES string of the molecule is CNCCC(N)C(O)c1ccc([N+](=O)[O-])cc1. The number of nitro groups is 1. The molecule has 0 heterocycles. The molecule has 6 nitrogen and oxygen atoms in total. The van der Waals surface area contributed by atoms with Crippen LogP contribution in [0.25, 0.3) is 0 Å². The first-order chi connectivity index (χ1) is 8.06. The summed E-state index contributed by atoms with van der Waals surface area (Å²) in [6.45, 7) is 0.714. The van der Waals surface area contributed by atoms with Gasteiger partial charge in [-0.2, -0.15) is 0 Å². The summed E-state index contributed by atoms with van der Waals surface area (Å²) in [6.07, 6.45) is -0.168. The Morgan fingerprint density at radius 1 is 1.47 bits per heavy atom. The highest BCUT2D eigenvalue weighted by atomic mass is 16.6. The van der Waals surface area contributed by atoms with Gasteiger partial charge in [-0.05, 0) is 37.7 Å². The van der Waals surface area contributed by atoms with Gasteiger partial charge >= 0.3 is 0 Å². The number of nitrogens with two attached hydrogens (primary N) is 1. The van der Waals surface area contributed by atoms with E-state index in [4.69, 9.17) is 5.73 Å². The largest absolute Gasteiger partial charge is 0.387 e. The predicted octanol–water partition coefficient (Wildman–Crippen LogP) is 0.565. The fourth-order valence-electron chi connectivity index (χ4n) is 1.51. The highest BCUT2D eigenvalue weighted by molar-refractivity contribution is 5.34. The van der Waals surface area contributed by atoms with Crippen LogP contribution in [-0.2, 0) is 0 Å². The van der Waals surface area contributed by atoms with Crippen LogP contribution in [0.15, 0.2) is 24.3 Å². The van der Waals surface area contributed by atoms with Gasteiger partial charge < -0.3 is 16.2 Å². The molecule has 0 saturated carbocycles. The molecule has 94 valence electrons. The van der Waals surface area contributed by atoms with Crippen LogP contribution in [0, 0.1) is 10.1 Å². The van der Waals surface area contributed by atoms with E-state index in [0.717, 1.165) is 0 Å². The molecule has 0 radical (unpaired) electrons. The molecule has 0 amide bonds. The van der Waals surface area contributed by atoms with E-state index in [9.17, 15) is 15.2 Å². The molecule has 0 saturated heterocycles. The number of nitrogens with zero attached hydrogens (tertiary/aromatic N) is 1. The maximum absolute atomic E-state index is 10.5. The second kappa shape index (κ2) is 6.29. The lowest BCUT2D eigenvalue weighted by atomic mass is 10.0. The van der Waals surface area contributed by atoms with Gasteiger partial charge in [0.25, 0.3) is 5.69 Å². The molecular formula is C11H17N3O3. The van der Waals surface area contributed by atoms with E-state index in [1.807, 2.05) is 7.05 Å². The highest BCUT2D eigenvalue weighted by Crippen LogP contribution is 2.20. The maximum atomic E-state index is 10.5. The Bertz CT molecular complexity index is 367. The molecule has 1 rings (SSSR count). The predicted molar refractivity (Wildman–Crippen MR) is 64.6 cm³/mol. The van der Waals surface area contributed by atoms with Crippen LogP contribution >= 0.6 is 0 Å². The highest BCUT2D eigenvalue weighted by Gasteiger charge is 2.17. The summed E-state index contributed by atoms with van der Waals surface area (Å²) in [5, 5.41) is 23.3. The van der Waals surface area contributed by atoms with Gasteiger partial charge in [-0.15, -0.1) is 0 Å². The molecule has 2 atom stereocenters. The first-order valence-electron chi connectivity index (χ1n) is 5.39. The molecule has 0 aromatic heterocycles. The van der Waals surface area contributed by atoms with Crippen molar-refractivity contribution in [1.29, 1.82) is 0 Å². The topological polar surface area (TPSA) is 101 Å². The molecule has 0 bridgehead atoms. The third kappa shape index (κ3) is 3.77. The van der Waals surface area contributed by atoms with Crippen LogP contribution in [0.5, 0.6) is 0 Å². The Morgan fingerprint density at radius 3 is 2.53 bits per heavy atom. The molecule has 0 spiro atoms. The standard InChI is InChI=1S/C11H17N3O3/c1-13-7-6-10(12)11(15)8-2-4-9(5-3-8)14(16)17/h2-5,10-11,13,15H,6-7,12H2,1H3. The van der Waals surface area contributed by atoms with E-state index in [2.05, 4.69) is 5.32 Å². The lowest BCUT2D eigenvalue weighted by molar-refractivity contribution is -0.384. The summed E-state index contributed by atoms with van der Waals surface area (Å²) < 4.78 is 0. The third-order valence-corrected chi connectivity index (χ3v) is 2.58. The smallest absolute Gasteiger partial charge is 0.269 e. The minimum Gasteiger partial charge on any atom is -0.387 e. The number of hydrogen-bond donors (Lipinski definition) is 3. The molecule has 0 aliphatic heterocycles. The van der Waals surface area contributed by atoms with Crippen molar-refractivity contribution in [3.8, 4) is 0 Å². The molecule has 0 aliphatic carbocycles. The number of nitrogens with one attached hydrogen (secondary N) is 1. The molecule has 1 aromatic carbocycles. The summed E-state index contributed by atoms with van der Waals surface area (Å²) in [6, 6.07) is 5.40. The average molecular weight is 239 g/mol. The molecule has 6 heteroatoms. The van der Waals surface area contributed by atoms with Crippen molar-refractivity contribution in [2.75, 3.05) is 13.6 Å². The van der Waals surface area contributed by atoms with E-state index in [1.54, 1.807) is 0 Å². The lowest BCUT2D eigenvalue weighted by Crippen LogP contribution is -2.31. The lowest BCUT2D eigenvalue weighted by Gasteiger charge is -2.18. The molecule has 17 heavy (non-hydrogen) atoms. The Labute approximate surface area is 99.6 Å². The van der Waals surface area contributed by atoms with Gasteiger partial charge in [-0.25, -0.2) is 0 Å². The normalized spacial score (nSPS) is 14.3. The summed E-state index contributed by atoms with van der Waals surface area (Å²) in [4.78, 5) is 9.99. The second-order valence-electron chi connectivity index (χ2n) is 3.85. The maximum Gasteiger partial charge on any atom is 0.269 e. The molecule has 0 aliphatic rings. The van der Waals surface area contributed by atoms with Gasteiger partial charge in [-0.3, -0.25) is 10.1 Å². The third-order valence-electron chi connectivity index (χ3n) is 2.58. The molecule has 1 aromatic rings. The van der Waals surface area contributed by atoms with Crippen LogP contribution in [0.3, 0.4) is 0 Å². The van der Waals surface area contributed by atoms with Gasteiger partial charge in [0.15, 0.2) is 0 Å². The Morgan fingerprint density at radius 2 is 2.06 bits per heavy atom. The van der Waals surface area contributed by atoms with Crippen LogP contribution in [0.2, 0.25) is 0 Å². The monoisotopic (exact) mass is 239 g/mol. The molecular weight excluding hydrogens is 222 g/mol. The van der Waals surface area contributed by atoms with Crippen LogP contribution in [0.1, 0.15) is 18.1 Å². The number of nitro benzene ring substituents is 1. The number of aliphatic hydroxyl groups is 1. The zero-order valence-electron chi connectivity index (χ0n) is 9.67. The number of benzene rings is 1. The van der Waals surface area contributed by atoms with Crippen LogP contribution in [0.4, 0.5) is 5.69 Å². The van der Waals surface area contributed by atoms with Gasteiger partial charge in [0.2, 0.25) is 0 Å². The van der Waals surface area contributed by atoms with E-state index >= 15 is 0 Å². The van der Waals surface area contributed by atoms with Crippen molar-refractivity contribution in [2.24, 2.45) is 5.73 Å². The summed E-state index contributed by atoms with van der Waals surface area (Å²) >= 11 is 0. The average Bonchev–Trinajstić information content (AvgIpc) is 2.35. The van der Waals surface area contributed by atoms with E-state index in [1.165, 1.54) is 24.3 Å². The number of hydrogen-bond acceptors (Lipinski definition) is 5. The van der Waals surface area contributed by atoms with Crippen molar-refractivity contribution < 1.29 is 10.0 Å². The number of aliphatic hydroxyl groups excluding tert-OH is 1. The van der Waals surface area contributed by atoms with Crippen molar-refractivity contribution in [3.05, 3.63) is 39.9 Å². The Balaban J connectivity index is 2.68. The Kier molecular flexibility index (Phi) is 5.02. The fraction of sp³-hybridized carbons (Fsp3) is 0.455. The zero-order valence-corrected chi connectivity index (χ0v) is 9.67. The summed E-state index contributed by atoms with van der Waals surface area (Å²) in [7, 11) is 1.81. The van der Waals surface area contributed by atoms with Gasteiger partial charge in [0.1, 0.15) is 0 Å². The summed E-state index contributed by atoms with van der Waals surface area (Å²) in [5.74, 6) is 0. The number of non-ortho nitro benzene ring substituents is 1. The molecule has 4 N–H and O–H groups in total. The second-order valence-corrected chi connectivity index (χ2v) is 3.85. The van der Waals surface area contributed by atoms with Gasteiger partial charge in [-0.1, -0.05) is 0 Å². The first-order valence-corrected chi connectivity index (χ1v) is 5.39. The fourth-order valence-corrected chi connectivity index (χ4v) is 1.51. The summed E-state index contributed by atoms with van der Waals surface area (Å²) in [5.41, 5.74) is 6.41. The van der Waals surface area contributed by atoms with Gasteiger partial charge in [0.05, 0.1) is 11.0 Å². The van der Waals surface area contributed by atoms with Gasteiger partial charge in [0, 0.05) is 18.2 Å².